The summed E-state index contributed by atoms with van der Waals surface area (Å²) in [5.41, 5.74) is 0.897. The molecule has 0 saturated carbocycles. The van der Waals surface area contributed by atoms with Gasteiger partial charge in [-0.3, -0.25) is 4.79 Å². The Hall–Kier alpha value is -0.400. The van der Waals surface area contributed by atoms with Crippen molar-refractivity contribution in [2.24, 2.45) is 0 Å². The molecule has 7 heteroatoms. The second-order valence-electron chi connectivity index (χ2n) is 3.19. The number of rotatable bonds is 2. The van der Waals surface area contributed by atoms with Crippen molar-refractivity contribution < 1.29 is 13.2 Å². The number of hydrogen-bond donors (Lipinski definition) is 1. The number of hydrogen-bond acceptors (Lipinski definition) is 3. The number of nitrogens with one attached hydrogen (secondary N) is 1. The molecule has 1 N–H and O–H groups in total. The van der Waals surface area contributed by atoms with E-state index in [1.165, 1.54) is 6.07 Å². The van der Waals surface area contributed by atoms with Crippen molar-refractivity contribution in [3.8, 4) is 0 Å². The van der Waals surface area contributed by atoms with E-state index >= 15 is 0 Å². The Morgan fingerprint density at radius 2 is 1.81 bits per heavy atom. The van der Waals surface area contributed by atoms with Crippen LogP contribution in [0.25, 0.3) is 0 Å². The third-order valence-electron chi connectivity index (χ3n) is 1.78. The number of carbonyl (C=O) groups is 1. The van der Waals surface area contributed by atoms with Crippen LogP contribution in [0.1, 0.15) is 12.5 Å². The number of benzene rings is 1. The molecule has 0 heterocycles. The van der Waals surface area contributed by atoms with Crippen LogP contribution in [-0.4, -0.2) is 14.3 Å². The van der Waals surface area contributed by atoms with Crippen molar-refractivity contribution in [2.45, 2.75) is 18.7 Å². The Morgan fingerprint density at radius 1 is 1.25 bits per heavy atom. The monoisotopic (exact) mass is 369 g/mol. The molecule has 1 rings (SSSR count). The van der Waals surface area contributed by atoms with E-state index in [-0.39, 0.29) is 4.90 Å². The number of carbonyl (C=O) groups excluding carboxylic acids is 1. The summed E-state index contributed by atoms with van der Waals surface area (Å²) in [5.74, 6) is -0.622. The molecule has 0 aliphatic carbocycles. The van der Waals surface area contributed by atoms with Crippen LogP contribution in [0.3, 0.4) is 0 Å². The number of halogens is 2. The highest BCUT2D eigenvalue weighted by Gasteiger charge is 2.19. The lowest BCUT2D eigenvalue weighted by molar-refractivity contribution is -0.117. The molecule has 0 spiro atoms. The molecular formula is C9H9Br2NO3S. The predicted molar refractivity (Wildman–Crippen MR) is 67.6 cm³/mol. The first-order valence-electron chi connectivity index (χ1n) is 4.23. The zero-order valence-electron chi connectivity index (χ0n) is 8.54. The van der Waals surface area contributed by atoms with Crippen LogP contribution < -0.4 is 4.72 Å². The first-order valence-corrected chi connectivity index (χ1v) is 7.30. The predicted octanol–water partition coefficient (Wildman–Crippen LogP) is 2.34. The number of sulfonamides is 1. The average Bonchev–Trinajstić information content (AvgIpc) is 2.08. The molecule has 0 radical (unpaired) electrons. The van der Waals surface area contributed by atoms with E-state index in [9.17, 15) is 13.2 Å². The smallest absolute Gasteiger partial charge is 0.265 e. The van der Waals surface area contributed by atoms with Gasteiger partial charge in [-0.1, -0.05) is 15.9 Å². The van der Waals surface area contributed by atoms with Gasteiger partial charge in [-0.25, -0.2) is 13.1 Å². The van der Waals surface area contributed by atoms with Crippen LogP contribution >= 0.6 is 31.9 Å². The van der Waals surface area contributed by atoms with Gasteiger partial charge in [0.25, 0.3) is 10.0 Å². The van der Waals surface area contributed by atoms with Crippen LogP contribution in [0.4, 0.5) is 0 Å². The van der Waals surface area contributed by atoms with Crippen molar-refractivity contribution >= 4 is 47.8 Å². The second kappa shape index (κ2) is 4.85. The normalized spacial score (nSPS) is 11.2. The fraction of sp³-hybridized carbons (Fsp3) is 0.222. The molecule has 4 nitrogen and oxygen atoms in total. The summed E-state index contributed by atoms with van der Waals surface area (Å²) in [6, 6.07) is 3.11. The van der Waals surface area contributed by atoms with Gasteiger partial charge in [0.05, 0.1) is 0 Å². The Balaban J connectivity index is 3.34. The third-order valence-corrected chi connectivity index (χ3v) is 5.03. The standard InChI is InChI=1S/C9H9Br2NO3S/c1-5-3-8(11)9(4-7(5)10)16(14,15)12-6(2)13/h3-4H,1-2H3,(H,12,13). The lowest BCUT2D eigenvalue weighted by Gasteiger charge is -2.08. The van der Waals surface area contributed by atoms with Crippen molar-refractivity contribution in [3.63, 3.8) is 0 Å². The molecular weight excluding hydrogens is 362 g/mol. The van der Waals surface area contributed by atoms with Gasteiger partial charge in [-0.15, -0.1) is 0 Å². The number of aryl methyl sites for hydroxylation is 1. The minimum absolute atomic E-state index is 0.0279. The van der Waals surface area contributed by atoms with Gasteiger partial charge in [0.2, 0.25) is 5.91 Å². The average molecular weight is 371 g/mol. The maximum atomic E-state index is 11.7. The summed E-state index contributed by atoms with van der Waals surface area (Å²) < 4.78 is 26.5. The molecule has 0 aliphatic heterocycles. The maximum Gasteiger partial charge on any atom is 0.265 e. The molecule has 16 heavy (non-hydrogen) atoms. The highest BCUT2D eigenvalue weighted by Crippen LogP contribution is 2.28. The summed E-state index contributed by atoms with van der Waals surface area (Å²) in [4.78, 5) is 10.8. The van der Waals surface area contributed by atoms with E-state index in [2.05, 4.69) is 31.9 Å². The Kier molecular flexibility index (Phi) is 4.14. The van der Waals surface area contributed by atoms with Gasteiger partial charge in [0, 0.05) is 15.9 Å². The zero-order valence-corrected chi connectivity index (χ0v) is 12.5. The summed E-state index contributed by atoms with van der Waals surface area (Å²) >= 11 is 6.40. The molecule has 0 aliphatic rings. The molecule has 1 amide bonds. The van der Waals surface area contributed by atoms with E-state index in [1.54, 1.807) is 6.07 Å². The third kappa shape index (κ3) is 3.05. The van der Waals surface area contributed by atoms with Crippen LogP contribution in [0.15, 0.2) is 26.0 Å². The van der Waals surface area contributed by atoms with Crippen molar-refractivity contribution in [1.82, 2.24) is 4.72 Å². The van der Waals surface area contributed by atoms with Gasteiger partial charge in [-0.2, -0.15) is 0 Å². The molecule has 0 saturated heterocycles. The van der Waals surface area contributed by atoms with Crippen LogP contribution in [0.2, 0.25) is 0 Å². The largest absolute Gasteiger partial charge is 0.274 e. The maximum absolute atomic E-state index is 11.7. The highest BCUT2D eigenvalue weighted by atomic mass is 79.9. The molecule has 0 unspecified atom stereocenters. The Labute approximate surface area is 111 Å². The minimum Gasteiger partial charge on any atom is -0.274 e. The fourth-order valence-electron chi connectivity index (χ4n) is 1.08. The number of amides is 1. The Bertz CT molecular complexity index is 540. The topological polar surface area (TPSA) is 63.2 Å². The molecule has 0 bridgehead atoms. The molecule has 88 valence electrons. The molecule has 1 aromatic carbocycles. The lowest BCUT2D eigenvalue weighted by Crippen LogP contribution is -2.28. The van der Waals surface area contributed by atoms with E-state index in [0.717, 1.165) is 12.5 Å². The van der Waals surface area contributed by atoms with Crippen molar-refractivity contribution in [2.75, 3.05) is 0 Å². The van der Waals surface area contributed by atoms with Gasteiger partial charge < -0.3 is 0 Å². The molecule has 0 aromatic heterocycles. The van der Waals surface area contributed by atoms with E-state index in [4.69, 9.17) is 0 Å². The Morgan fingerprint density at radius 3 is 2.31 bits per heavy atom. The van der Waals surface area contributed by atoms with Gasteiger partial charge in [0.15, 0.2) is 0 Å². The van der Waals surface area contributed by atoms with Crippen LogP contribution in [0, 0.1) is 6.92 Å². The van der Waals surface area contributed by atoms with Gasteiger partial charge in [-0.05, 0) is 40.5 Å². The summed E-state index contributed by atoms with van der Waals surface area (Å²) in [5, 5.41) is 0. The van der Waals surface area contributed by atoms with E-state index in [0.29, 0.717) is 8.95 Å². The van der Waals surface area contributed by atoms with Gasteiger partial charge >= 0.3 is 0 Å². The molecule has 1 aromatic rings. The minimum atomic E-state index is -3.81. The summed E-state index contributed by atoms with van der Waals surface area (Å²) in [6.07, 6.45) is 0. The summed E-state index contributed by atoms with van der Waals surface area (Å²) in [6.45, 7) is 2.98. The summed E-state index contributed by atoms with van der Waals surface area (Å²) in [7, 11) is -3.81. The molecule has 0 atom stereocenters. The molecule has 0 fully saturated rings. The first kappa shape index (κ1) is 13.7. The SMILES string of the molecule is CC(=O)NS(=O)(=O)c1cc(Br)c(C)cc1Br. The first-order chi connectivity index (χ1) is 7.24. The highest BCUT2D eigenvalue weighted by molar-refractivity contribution is 9.11. The van der Waals surface area contributed by atoms with E-state index in [1.807, 2.05) is 11.6 Å². The quantitative estimate of drug-likeness (QED) is 0.868. The zero-order chi connectivity index (χ0) is 12.5. The fourth-order valence-corrected chi connectivity index (χ4v) is 3.75. The van der Waals surface area contributed by atoms with E-state index < -0.39 is 15.9 Å². The van der Waals surface area contributed by atoms with Crippen molar-refractivity contribution in [1.29, 1.82) is 0 Å². The van der Waals surface area contributed by atoms with Crippen LogP contribution in [-0.2, 0) is 14.8 Å². The lowest BCUT2D eigenvalue weighted by atomic mass is 10.2. The van der Waals surface area contributed by atoms with Crippen LogP contribution in [0.5, 0.6) is 0 Å². The second-order valence-corrected chi connectivity index (χ2v) is 6.55. The van der Waals surface area contributed by atoms with Crippen molar-refractivity contribution in [3.05, 3.63) is 26.6 Å². The van der Waals surface area contributed by atoms with Gasteiger partial charge in [0.1, 0.15) is 4.90 Å².